The Kier molecular flexibility index (Phi) is 8.28. The summed E-state index contributed by atoms with van der Waals surface area (Å²) >= 11 is 0. The highest BCUT2D eigenvalue weighted by Crippen LogP contribution is 2.18. The van der Waals surface area contributed by atoms with Crippen molar-refractivity contribution < 1.29 is 17.9 Å². The molecule has 8 heteroatoms. The number of nitrogens with one attached hydrogen (secondary N) is 2. The Hall–Kier alpha value is -0.860. The Morgan fingerprint density at radius 3 is 2.57 bits per heavy atom. The Balaban J connectivity index is 0.00000264. The van der Waals surface area contributed by atoms with E-state index in [2.05, 4.69) is 10.0 Å². The number of hydrogen-bond donors (Lipinski definition) is 2. The van der Waals surface area contributed by atoms with Crippen molar-refractivity contribution in [3.05, 3.63) is 24.3 Å². The van der Waals surface area contributed by atoms with E-state index in [9.17, 15) is 8.42 Å². The number of rotatable bonds is 7. The van der Waals surface area contributed by atoms with E-state index in [4.69, 9.17) is 9.47 Å². The summed E-state index contributed by atoms with van der Waals surface area (Å²) in [6.07, 6.45) is 1.83. The van der Waals surface area contributed by atoms with Gasteiger partial charge in [0.2, 0.25) is 10.0 Å². The van der Waals surface area contributed by atoms with Crippen LogP contribution in [0.1, 0.15) is 19.8 Å². The summed E-state index contributed by atoms with van der Waals surface area (Å²) in [5, 5.41) is 3.29. The van der Waals surface area contributed by atoms with Gasteiger partial charge in [0.1, 0.15) is 12.4 Å². The monoisotopic (exact) mass is 364 g/mol. The van der Waals surface area contributed by atoms with Crippen LogP contribution in [0.5, 0.6) is 5.75 Å². The van der Waals surface area contributed by atoms with E-state index in [0.717, 1.165) is 19.4 Å². The van der Waals surface area contributed by atoms with Gasteiger partial charge in [-0.05, 0) is 50.6 Å². The molecule has 1 aliphatic heterocycles. The van der Waals surface area contributed by atoms with Crippen molar-refractivity contribution in [2.45, 2.75) is 36.7 Å². The number of hydrogen-bond acceptors (Lipinski definition) is 5. The molecule has 1 aromatic rings. The summed E-state index contributed by atoms with van der Waals surface area (Å²) in [4.78, 5) is 0.254. The van der Waals surface area contributed by atoms with Crippen LogP contribution < -0.4 is 14.8 Å². The van der Waals surface area contributed by atoms with Crippen LogP contribution in [0.25, 0.3) is 0 Å². The van der Waals surface area contributed by atoms with Crippen LogP contribution in [-0.4, -0.2) is 47.4 Å². The highest BCUT2D eigenvalue weighted by molar-refractivity contribution is 7.89. The Morgan fingerprint density at radius 1 is 1.26 bits per heavy atom. The summed E-state index contributed by atoms with van der Waals surface area (Å²) in [5.74, 6) is 0.628. The van der Waals surface area contributed by atoms with E-state index in [1.165, 1.54) is 0 Å². The molecule has 2 atom stereocenters. The minimum absolute atomic E-state index is 0. The fourth-order valence-electron chi connectivity index (χ4n) is 2.43. The minimum atomic E-state index is -3.50. The highest BCUT2D eigenvalue weighted by atomic mass is 35.5. The molecule has 132 valence electrons. The lowest BCUT2D eigenvalue weighted by atomic mass is 10.0. The van der Waals surface area contributed by atoms with Crippen LogP contribution >= 0.6 is 12.4 Å². The molecule has 2 rings (SSSR count). The van der Waals surface area contributed by atoms with Crippen LogP contribution in [0.4, 0.5) is 0 Å². The molecule has 0 spiro atoms. The van der Waals surface area contributed by atoms with Gasteiger partial charge < -0.3 is 14.8 Å². The maximum absolute atomic E-state index is 12.4. The lowest BCUT2D eigenvalue weighted by molar-refractivity contribution is 0.146. The second-order valence-electron chi connectivity index (χ2n) is 5.43. The summed E-state index contributed by atoms with van der Waals surface area (Å²) < 4.78 is 37.9. The molecule has 1 saturated heterocycles. The molecular weight excluding hydrogens is 340 g/mol. The van der Waals surface area contributed by atoms with Gasteiger partial charge in [-0.15, -0.1) is 12.4 Å². The third kappa shape index (κ3) is 5.93. The second-order valence-corrected chi connectivity index (χ2v) is 7.14. The second kappa shape index (κ2) is 9.44. The molecule has 0 bridgehead atoms. The third-order valence-corrected chi connectivity index (χ3v) is 5.26. The van der Waals surface area contributed by atoms with Gasteiger partial charge in [0.25, 0.3) is 0 Å². The zero-order valence-electron chi connectivity index (χ0n) is 13.4. The van der Waals surface area contributed by atoms with Gasteiger partial charge in [-0.2, -0.15) is 0 Å². The number of benzene rings is 1. The summed E-state index contributed by atoms with van der Waals surface area (Å²) in [6.45, 7) is 3.87. The number of ether oxygens (including phenoxy) is 2. The quantitative estimate of drug-likeness (QED) is 0.718. The summed E-state index contributed by atoms with van der Waals surface area (Å²) in [5.41, 5.74) is 0. The first kappa shape index (κ1) is 20.2. The van der Waals surface area contributed by atoms with Crippen molar-refractivity contribution in [3.8, 4) is 5.75 Å². The molecule has 0 aliphatic carbocycles. The molecule has 1 fully saturated rings. The minimum Gasteiger partial charge on any atom is -0.491 e. The van der Waals surface area contributed by atoms with Crippen LogP contribution in [0.15, 0.2) is 29.2 Å². The number of methoxy groups -OCH3 is 1. The van der Waals surface area contributed by atoms with Crippen LogP contribution in [0, 0.1) is 0 Å². The first-order valence-electron chi connectivity index (χ1n) is 7.50. The predicted octanol–water partition coefficient (Wildman–Crippen LogP) is 1.55. The number of halogens is 1. The average Bonchev–Trinajstić information content (AvgIpc) is 2.50. The Morgan fingerprint density at radius 2 is 1.96 bits per heavy atom. The van der Waals surface area contributed by atoms with E-state index in [-0.39, 0.29) is 29.4 Å². The maximum atomic E-state index is 12.4. The highest BCUT2D eigenvalue weighted by Gasteiger charge is 2.26. The van der Waals surface area contributed by atoms with Crippen molar-refractivity contribution in [2.75, 3.05) is 26.9 Å². The fraction of sp³-hybridized carbons (Fsp3) is 0.600. The molecule has 1 aliphatic rings. The molecule has 2 unspecified atom stereocenters. The van der Waals surface area contributed by atoms with Crippen LogP contribution in [0.2, 0.25) is 0 Å². The SMILES string of the molecule is COCCOc1ccc(S(=O)(=O)NC2CCCNC2C)cc1.Cl. The van der Waals surface area contributed by atoms with Crippen molar-refractivity contribution in [2.24, 2.45) is 0 Å². The van der Waals surface area contributed by atoms with E-state index < -0.39 is 10.0 Å². The maximum Gasteiger partial charge on any atom is 0.240 e. The Bertz CT molecular complexity index is 565. The van der Waals surface area contributed by atoms with E-state index >= 15 is 0 Å². The van der Waals surface area contributed by atoms with Crippen LogP contribution in [-0.2, 0) is 14.8 Å². The zero-order valence-corrected chi connectivity index (χ0v) is 15.1. The molecule has 0 amide bonds. The van der Waals surface area contributed by atoms with E-state index in [1.807, 2.05) is 6.92 Å². The zero-order chi connectivity index (χ0) is 16.0. The van der Waals surface area contributed by atoms with Crippen LogP contribution in [0.3, 0.4) is 0 Å². The van der Waals surface area contributed by atoms with Gasteiger partial charge in [-0.25, -0.2) is 13.1 Å². The molecule has 1 aromatic carbocycles. The molecule has 1 heterocycles. The molecule has 23 heavy (non-hydrogen) atoms. The first-order valence-corrected chi connectivity index (χ1v) is 8.99. The molecular formula is C15H25ClN2O4S. The number of sulfonamides is 1. The lowest BCUT2D eigenvalue weighted by Gasteiger charge is -2.30. The first-order chi connectivity index (χ1) is 10.5. The Labute approximate surface area is 144 Å². The fourth-order valence-corrected chi connectivity index (χ4v) is 3.78. The van der Waals surface area contributed by atoms with Crippen molar-refractivity contribution >= 4 is 22.4 Å². The lowest BCUT2D eigenvalue weighted by Crippen LogP contribution is -2.51. The third-order valence-electron chi connectivity index (χ3n) is 3.76. The van der Waals surface area contributed by atoms with E-state index in [0.29, 0.717) is 19.0 Å². The molecule has 0 radical (unpaired) electrons. The molecule has 0 saturated carbocycles. The van der Waals surface area contributed by atoms with Gasteiger partial charge in [-0.1, -0.05) is 0 Å². The molecule has 6 nitrogen and oxygen atoms in total. The van der Waals surface area contributed by atoms with Crippen molar-refractivity contribution in [3.63, 3.8) is 0 Å². The summed E-state index contributed by atoms with van der Waals surface area (Å²) in [7, 11) is -1.90. The van der Waals surface area contributed by atoms with Gasteiger partial charge >= 0.3 is 0 Å². The standard InChI is InChI=1S/C15H24N2O4S.ClH/c1-12-15(4-3-9-16-12)17-22(18,19)14-7-5-13(6-8-14)21-11-10-20-2;/h5-8,12,15-17H,3-4,9-11H2,1-2H3;1H. The number of piperidine rings is 1. The smallest absolute Gasteiger partial charge is 0.240 e. The van der Waals surface area contributed by atoms with Crippen molar-refractivity contribution in [1.29, 1.82) is 0 Å². The largest absolute Gasteiger partial charge is 0.491 e. The van der Waals surface area contributed by atoms with Gasteiger partial charge in [0.05, 0.1) is 11.5 Å². The molecule has 0 aromatic heterocycles. The van der Waals surface area contributed by atoms with Gasteiger partial charge in [0, 0.05) is 19.2 Å². The molecule has 2 N–H and O–H groups in total. The van der Waals surface area contributed by atoms with Gasteiger partial charge in [0.15, 0.2) is 0 Å². The summed E-state index contributed by atoms with van der Waals surface area (Å²) in [6, 6.07) is 6.51. The van der Waals surface area contributed by atoms with E-state index in [1.54, 1.807) is 31.4 Å². The predicted molar refractivity (Wildman–Crippen MR) is 91.9 cm³/mol. The average molecular weight is 365 g/mol. The topological polar surface area (TPSA) is 76.7 Å². The van der Waals surface area contributed by atoms with Gasteiger partial charge in [-0.3, -0.25) is 0 Å². The van der Waals surface area contributed by atoms with Crippen molar-refractivity contribution in [1.82, 2.24) is 10.0 Å². The normalized spacial score (nSPS) is 21.5.